The van der Waals surface area contributed by atoms with Crippen LogP contribution in [0.5, 0.6) is 0 Å². The second kappa shape index (κ2) is 10.7. The number of nitrogens with two attached hydrogens (primary N) is 1. The van der Waals surface area contributed by atoms with Gasteiger partial charge in [-0.1, -0.05) is 36.0 Å². The van der Waals surface area contributed by atoms with E-state index in [9.17, 15) is 18.0 Å². The quantitative estimate of drug-likeness (QED) is 0.300. The Morgan fingerprint density at radius 1 is 1.14 bits per heavy atom. The topological polar surface area (TPSA) is 77.0 Å². The van der Waals surface area contributed by atoms with E-state index in [4.69, 9.17) is 5.73 Å². The normalized spacial score (nSPS) is 21.2. The molecule has 0 bridgehead atoms. The summed E-state index contributed by atoms with van der Waals surface area (Å²) in [5.41, 5.74) is 7.31. The van der Waals surface area contributed by atoms with Crippen molar-refractivity contribution in [2.45, 2.75) is 36.5 Å². The molecule has 1 aliphatic carbocycles. The van der Waals surface area contributed by atoms with Crippen LogP contribution >= 0.6 is 24.2 Å². The second-order valence-electron chi connectivity index (χ2n) is 9.77. The van der Waals surface area contributed by atoms with E-state index in [0.717, 1.165) is 66.8 Å². The summed E-state index contributed by atoms with van der Waals surface area (Å²) in [6.45, 7) is 3.05. The minimum atomic E-state index is -4.29. The lowest BCUT2D eigenvalue weighted by Gasteiger charge is -2.16. The number of nitrogens with zero attached hydrogens (tertiary/aromatic N) is 4. The molecule has 11 heteroatoms. The molecule has 1 amide bonds. The number of carbonyl (C=O) groups excluding carboxylic acids is 1. The molecule has 2 N–H and O–H groups in total. The van der Waals surface area contributed by atoms with Crippen molar-refractivity contribution in [1.29, 1.82) is 0 Å². The summed E-state index contributed by atoms with van der Waals surface area (Å²) in [5.74, 6) is 1.56. The number of aromatic nitrogens is 3. The van der Waals surface area contributed by atoms with Crippen LogP contribution in [0.2, 0.25) is 0 Å². The van der Waals surface area contributed by atoms with Gasteiger partial charge in [0.05, 0.1) is 5.56 Å². The van der Waals surface area contributed by atoms with E-state index in [1.165, 1.54) is 12.1 Å². The molecule has 1 saturated carbocycles. The SMILES string of the molecule is Cl.Cn1c(SCCCN2CC[C@]3(C[C@@H]3c3ccc(C(F)(F)F)cc3)C2)nnc1-c1ccc(C(N)=O)cc1. The van der Waals surface area contributed by atoms with E-state index >= 15 is 0 Å². The molecule has 2 aromatic carbocycles. The van der Waals surface area contributed by atoms with Gasteiger partial charge < -0.3 is 15.2 Å². The predicted octanol–water partition coefficient (Wildman–Crippen LogP) is 5.38. The van der Waals surface area contributed by atoms with E-state index in [2.05, 4.69) is 15.1 Å². The minimum absolute atomic E-state index is 0. The van der Waals surface area contributed by atoms with Gasteiger partial charge in [0.1, 0.15) is 0 Å². The highest BCUT2D eigenvalue weighted by Gasteiger charge is 2.57. The van der Waals surface area contributed by atoms with Crippen LogP contribution in [0.1, 0.15) is 46.7 Å². The largest absolute Gasteiger partial charge is 0.416 e. The molecule has 5 rings (SSSR count). The molecule has 2 atom stereocenters. The average molecular weight is 552 g/mol. The molecule has 2 heterocycles. The third kappa shape index (κ3) is 5.81. The third-order valence-electron chi connectivity index (χ3n) is 7.41. The summed E-state index contributed by atoms with van der Waals surface area (Å²) >= 11 is 1.67. The van der Waals surface area contributed by atoms with Crippen LogP contribution in [-0.4, -0.2) is 51.0 Å². The van der Waals surface area contributed by atoms with E-state index < -0.39 is 17.6 Å². The lowest BCUT2D eigenvalue weighted by molar-refractivity contribution is -0.137. The Bertz CT molecular complexity index is 1250. The third-order valence-corrected chi connectivity index (χ3v) is 8.51. The maximum atomic E-state index is 12.8. The zero-order valence-corrected chi connectivity index (χ0v) is 22.0. The number of benzene rings is 2. The summed E-state index contributed by atoms with van der Waals surface area (Å²) in [6.07, 6.45) is -1.10. The van der Waals surface area contributed by atoms with Crippen molar-refractivity contribution in [3.05, 3.63) is 65.2 Å². The number of amides is 1. The Balaban J connectivity index is 0.00000320. The number of alkyl halides is 3. The number of thioether (sulfide) groups is 1. The number of hydrogen-bond acceptors (Lipinski definition) is 5. The number of rotatable bonds is 8. The minimum Gasteiger partial charge on any atom is -0.366 e. The summed E-state index contributed by atoms with van der Waals surface area (Å²) < 4.78 is 40.5. The number of likely N-dealkylation sites (tertiary alicyclic amines) is 1. The Morgan fingerprint density at radius 3 is 2.49 bits per heavy atom. The fraction of sp³-hybridized carbons (Fsp3) is 0.423. The van der Waals surface area contributed by atoms with Gasteiger partial charge in [-0.05, 0) is 73.5 Å². The molecule has 6 nitrogen and oxygen atoms in total. The van der Waals surface area contributed by atoms with E-state index in [1.54, 1.807) is 36.0 Å². The van der Waals surface area contributed by atoms with Crippen molar-refractivity contribution >= 4 is 30.1 Å². The zero-order valence-electron chi connectivity index (χ0n) is 20.4. The van der Waals surface area contributed by atoms with Gasteiger partial charge in [0.15, 0.2) is 11.0 Å². The summed E-state index contributed by atoms with van der Waals surface area (Å²) in [5, 5.41) is 9.46. The zero-order chi connectivity index (χ0) is 25.5. The lowest BCUT2D eigenvalue weighted by Crippen LogP contribution is -2.23. The Kier molecular flexibility index (Phi) is 7.92. The van der Waals surface area contributed by atoms with Gasteiger partial charge >= 0.3 is 6.18 Å². The van der Waals surface area contributed by atoms with Crippen molar-refractivity contribution < 1.29 is 18.0 Å². The fourth-order valence-corrected chi connectivity index (χ4v) is 6.11. The van der Waals surface area contributed by atoms with Crippen LogP contribution in [0.4, 0.5) is 13.2 Å². The molecular weight excluding hydrogens is 523 g/mol. The molecule has 1 saturated heterocycles. The average Bonchev–Trinajstić information content (AvgIpc) is 3.20. The van der Waals surface area contributed by atoms with Gasteiger partial charge in [-0.15, -0.1) is 22.6 Å². The first kappa shape index (κ1) is 27.5. The lowest BCUT2D eigenvalue weighted by atomic mass is 9.97. The fourth-order valence-electron chi connectivity index (χ4n) is 5.28. The van der Waals surface area contributed by atoms with Crippen LogP contribution in [0.3, 0.4) is 0 Å². The maximum absolute atomic E-state index is 12.8. The second-order valence-corrected chi connectivity index (χ2v) is 10.8. The van der Waals surface area contributed by atoms with Crippen LogP contribution in [0.15, 0.2) is 53.7 Å². The molecule has 1 aliphatic heterocycles. The molecule has 37 heavy (non-hydrogen) atoms. The van der Waals surface area contributed by atoms with E-state index in [0.29, 0.717) is 11.5 Å². The molecule has 1 aromatic heterocycles. The maximum Gasteiger partial charge on any atom is 0.416 e. The number of halogens is 4. The first-order valence-corrected chi connectivity index (χ1v) is 13.0. The van der Waals surface area contributed by atoms with Gasteiger partial charge in [0, 0.05) is 30.5 Å². The highest BCUT2D eigenvalue weighted by Crippen LogP contribution is 2.64. The van der Waals surface area contributed by atoms with Gasteiger partial charge in [-0.2, -0.15) is 13.2 Å². The van der Waals surface area contributed by atoms with Crippen LogP contribution in [0, 0.1) is 5.41 Å². The monoisotopic (exact) mass is 551 g/mol. The van der Waals surface area contributed by atoms with Gasteiger partial charge in [-0.25, -0.2) is 0 Å². The number of carbonyl (C=O) groups is 1. The molecule has 3 aromatic rings. The summed E-state index contributed by atoms with van der Waals surface area (Å²) in [6, 6.07) is 12.7. The molecule has 1 spiro atoms. The first-order chi connectivity index (χ1) is 17.2. The molecular formula is C26H29ClF3N5OS. The van der Waals surface area contributed by atoms with Gasteiger partial charge in [0.2, 0.25) is 5.91 Å². The highest BCUT2D eigenvalue weighted by atomic mass is 35.5. The molecule has 2 fully saturated rings. The van der Waals surface area contributed by atoms with Gasteiger partial charge in [-0.3, -0.25) is 4.79 Å². The number of hydrogen-bond donors (Lipinski definition) is 1. The highest BCUT2D eigenvalue weighted by molar-refractivity contribution is 7.99. The van der Waals surface area contributed by atoms with Crippen molar-refractivity contribution in [3.63, 3.8) is 0 Å². The van der Waals surface area contributed by atoms with Crippen LogP contribution < -0.4 is 5.73 Å². The summed E-state index contributed by atoms with van der Waals surface area (Å²) in [4.78, 5) is 13.8. The Morgan fingerprint density at radius 2 is 1.84 bits per heavy atom. The Hall–Kier alpha value is -2.56. The van der Waals surface area contributed by atoms with E-state index in [1.807, 2.05) is 23.7 Å². The van der Waals surface area contributed by atoms with Crippen molar-refractivity contribution in [3.8, 4) is 11.4 Å². The van der Waals surface area contributed by atoms with E-state index in [-0.39, 0.29) is 17.8 Å². The van der Waals surface area contributed by atoms with Crippen LogP contribution in [0.25, 0.3) is 11.4 Å². The van der Waals surface area contributed by atoms with Crippen molar-refractivity contribution in [2.75, 3.05) is 25.4 Å². The van der Waals surface area contributed by atoms with Crippen molar-refractivity contribution in [1.82, 2.24) is 19.7 Å². The number of primary amides is 1. The molecule has 2 aliphatic rings. The molecule has 198 valence electrons. The molecule has 0 radical (unpaired) electrons. The first-order valence-electron chi connectivity index (χ1n) is 12.0. The van der Waals surface area contributed by atoms with Crippen molar-refractivity contribution in [2.24, 2.45) is 18.2 Å². The Labute approximate surface area is 224 Å². The van der Waals surface area contributed by atoms with Gasteiger partial charge in [0.25, 0.3) is 0 Å². The van der Waals surface area contributed by atoms with Crippen LogP contribution in [-0.2, 0) is 13.2 Å². The predicted molar refractivity (Wildman–Crippen MR) is 140 cm³/mol. The molecule has 0 unspecified atom stereocenters. The standard InChI is InChI=1S/C26H28F3N5OS.ClH/c1-33-23(19-5-3-18(4-6-19)22(30)35)31-32-24(33)36-14-2-12-34-13-11-25(16-34)15-21(25)17-7-9-20(10-8-17)26(27,28)29;/h3-10,21H,2,11-16H2,1H3,(H2,30,35);1H/t21-,25+;/m1./s1. The smallest absolute Gasteiger partial charge is 0.366 e. The summed E-state index contributed by atoms with van der Waals surface area (Å²) in [7, 11) is 1.93.